The number of hydrogen-bond donors (Lipinski definition) is 8. The van der Waals surface area contributed by atoms with Crippen LogP contribution in [0.3, 0.4) is 0 Å². The third-order valence-corrected chi connectivity index (χ3v) is 18.9. The second-order valence-electron chi connectivity index (χ2n) is 30.7. The molecular formula is C98H87ClF5N21O9. The number of methoxy groups -OCH3 is 1. The van der Waals surface area contributed by atoms with E-state index in [4.69, 9.17) is 40.5 Å². The van der Waals surface area contributed by atoms with Crippen molar-refractivity contribution in [3.63, 3.8) is 0 Å². The monoisotopic (exact) mass is 1830 g/mol. The summed E-state index contributed by atoms with van der Waals surface area (Å²) in [7, 11) is 17.2. The minimum atomic E-state index is -0.661. The molecule has 16 aromatic rings. The van der Waals surface area contributed by atoms with Crippen LogP contribution >= 0.6 is 11.6 Å². The average molecular weight is 1830 g/mol. The predicted octanol–water partition coefficient (Wildman–Crippen LogP) is 21.7. The summed E-state index contributed by atoms with van der Waals surface area (Å²) < 4.78 is 99.7. The topological polar surface area (TPSA) is 351 Å². The maximum atomic E-state index is 14.7. The molecule has 16 rings (SSSR count). The number of nitrogens with one attached hydrogen (secondary N) is 8. The second-order valence-corrected chi connectivity index (χ2v) is 31.2. The van der Waals surface area contributed by atoms with Gasteiger partial charge in [-0.2, -0.15) is 5.26 Å². The van der Waals surface area contributed by atoms with Crippen molar-refractivity contribution in [1.82, 2.24) is 59.5 Å². The van der Waals surface area contributed by atoms with Gasteiger partial charge in [0, 0.05) is 125 Å². The average Bonchev–Trinajstić information content (AvgIpc) is 0.824. The van der Waals surface area contributed by atoms with Crippen molar-refractivity contribution in [1.29, 1.82) is 5.26 Å². The number of anilines is 8. The maximum Gasteiger partial charge on any atom is 0.323 e. The molecule has 0 atom stereocenters. The van der Waals surface area contributed by atoms with E-state index in [0.29, 0.717) is 116 Å². The molecule has 30 nitrogen and oxygen atoms in total. The van der Waals surface area contributed by atoms with Crippen LogP contribution in [-0.4, -0.2) is 147 Å². The lowest BCUT2D eigenvalue weighted by atomic mass is 10.2. The highest BCUT2D eigenvalue weighted by molar-refractivity contribution is 6.31. The molecule has 0 fully saturated rings. The molecule has 0 bridgehead atoms. The molecule has 0 unspecified atom stereocenters. The van der Waals surface area contributed by atoms with Gasteiger partial charge in [0.2, 0.25) is 0 Å². The molecule has 680 valence electrons. The van der Waals surface area contributed by atoms with Crippen molar-refractivity contribution in [2.24, 2.45) is 0 Å². The first kappa shape index (κ1) is 94.9. The lowest BCUT2D eigenvalue weighted by molar-refractivity contribution is 0.261. The summed E-state index contributed by atoms with van der Waals surface area (Å²) in [5, 5.41) is 30.0. The van der Waals surface area contributed by atoms with Gasteiger partial charge < -0.3 is 85.8 Å². The molecule has 12 aromatic carbocycles. The van der Waals surface area contributed by atoms with Crippen LogP contribution in [0.5, 0.6) is 51.7 Å². The predicted molar refractivity (Wildman–Crippen MR) is 506 cm³/mol. The lowest BCUT2D eigenvalue weighted by Crippen LogP contribution is -2.19. The number of carbonyl (C=O) groups excluding carboxylic acids is 4. The van der Waals surface area contributed by atoms with Crippen LogP contribution in [0.15, 0.2) is 267 Å². The highest BCUT2D eigenvalue weighted by Crippen LogP contribution is 2.35. The van der Waals surface area contributed by atoms with E-state index >= 15 is 0 Å². The molecule has 0 saturated heterocycles. The zero-order valence-electron chi connectivity index (χ0n) is 73.5. The summed E-state index contributed by atoms with van der Waals surface area (Å²) in [6, 6.07) is 62.4. The summed E-state index contributed by atoms with van der Waals surface area (Å²) in [5.41, 5.74) is 12.1. The molecular weight excluding hydrogens is 1750 g/mol. The van der Waals surface area contributed by atoms with Gasteiger partial charge >= 0.3 is 24.1 Å². The summed E-state index contributed by atoms with van der Waals surface area (Å²) in [6.45, 7) is 2.60. The number of carbonyl (C=O) groups is 4. The van der Waals surface area contributed by atoms with Crippen LogP contribution in [0.2, 0.25) is 5.02 Å². The third kappa shape index (κ3) is 28.2. The van der Waals surface area contributed by atoms with E-state index in [-0.39, 0.29) is 51.4 Å². The Morgan fingerprint density at radius 1 is 0.313 bits per heavy atom. The highest BCUT2D eigenvalue weighted by Gasteiger charge is 2.18. The van der Waals surface area contributed by atoms with E-state index in [1.807, 2.05) is 82.1 Å². The highest BCUT2D eigenvalue weighted by atomic mass is 35.5. The van der Waals surface area contributed by atoms with Gasteiger partial charge in [-0.1, -0.05) is 23.7 Å². The van der Waals surface area contributed by atoms with E-state index in [1.54, 1.807) is 190 Å². The molecule has 36 heteroatoms. The van der Waals surface area contributed by atoms with Crippen LogP contribution in [0.25, 0.3) is 44.1 Å². The van der Waals surface area contributed by atoms with E-state index in [0.717, 1.165) is 39.9 Å². The van der Waals surface area contributed by atoms with Crippen molar-refractivity contribution in [2.45, 2.75) is 26.2 Å². The van der Waals surface area contributed by atoms with E-state index < -0.39 is 53.2 Å². The van der Waals surface area contributed by atoms with Gasteiger partial charge in [0.25, 0.3) is 0 Å². The minimum absolute atomic E-state index is 0.00908. The number of fused-ring (bicyclic) bond motifs is 4. The third-order valence-electron chi connectivity index (χ3n) is 18.6. The summed E-state index contributed by atoms with van der Waals surface area (Å²) in [5.74, 6) is -0.609. The Kier molecular flexibility index (Phi) is 31.9. The summed E-state index contributed by atoms with van der Waals surface area (Å²) in [6.07, 6.45) is 6.92. The van der Waals surface area contributed by atoms with Crippen molar-refractivity contribution in [2.75, 3.05) is 106 Å². The first-order valence-electron chi connectivity index (χ1n) is 41.0. The van der Waals surface area contributed by atoms with Gasteiger partial charge in [-0.25, -0.2) is 61.1 Å². The quantitative estimate of drug-likeness (QED) is 0.0246. The van der Waals surface area contributed by atoms with Gasteiger partial charge in [-0.3, -0.25) is 19.9 Å². The molecule has 4 aromatic heterocycles. The number of amides is 8. The molecule has 0 spiro atoms. The molecule has 0 aliphatic carbocycles. The zero-order chi connectivity index (χ0) is 94.9. The molecule has 0 radical (unpaired) electrons. The molecule has 8 amide bonds. The fourth-order valence-corrected chi connectivity index (χ4v) is 12.9. The van der Waals surface area contributed by atoms with Crippen molar-refractivity contribution >= 4 is 125 Å². The van der Waals surface area contributed by atoms with Gasteiger partial charge in [-0.15, -0.1) is 0 Å². The zero-order valence-corrected chi connectivity index (χ0v) is 74.2. The fraction of sp³-hybridized carbons (Fsp3) is 0.133. The number of nitriles is 1. The van der Waals surface area contributed by atoms with Crippen LogP contribution < -0.4 is 66.2 Å². The van der Waals surface area contributed by atoms with Gasteiger partial charge in [0.15, 0.2) is 46.3 Å². The van der Waals surface area contributed by atoms with E-state index in [1.165, 1.54) is 78.9 Å². The standard InChI is InChI=1S/C25H21FN6O2.C25H24FN5O3.C24H21ClFN5O2.C24H21F2N5O2/c1-32(2)15-19-14-28-22-9-8-20(12-23(22)29-19)34-24-10-7-18(11-21(24)26)31-25(33)30-17-5-3-16(13-27)4-6-17;1-31(2)15-18-14-27-22-10-9-20(13-23(22)28-18)34-24-11-6-17(12-21(24)26)30-25(32)29-16-4-7-19(33-3)8-5-16;2*1-31(2)14-18-13-27-21-8-7-19(12-22(21)28-18)33-23-9-6-17(11-20(23)26)30-24(32)29-16-5-3-4-15(25)10-16/h3-12,14H,15H2,1-2H3,(H2,30,31,33);4-14H,15H2,1-3H3,(H2,29,30,32);2*3-13H,14H2,1-2H3,(H2,29,30,32). The Balaban J connectivity index is 0.000000152. The van der Waals surface area contributed by atoms with Gasteiger partial charge in [0.05, 0.1) is 110 Å². The number of ether oxygens (including phenoxy) is 5. The first-order chi connectivity index (χ1) is 64.5. The van der Waals surface area contributed by atoms with Crippen molar-refractivity contribution < 1.29 is 64.8 Å². The number of benzene rings is 12. The number of rotatable bonds is 25. The van der Waals surface area contributed by atoms with E-state index in [9.17, 15) is 41.1 Å². The molecule has 8 N–H and O–H groups in total. The Morgan fingerprint density at radius 3 is 0.843 bits per heavy atom. The van der Waals surface area contributed by atoms with Gasteiger partial charge in [0.1, 0.15) is 34.6 Å². The minimum Gasteiger partial charge on any atom is -0.497 e. The Hall–Kier alpha value is -16.7. The summed E-state index contributed by atoms with van der Waals surface area (Å²) in [4.78, 5) is 92.6. The second kappa shape index (κ2) is 45.1. The van der Waals surface area contributed by atoms with Crippen LogP contribution in [-0.2, 0) is 26.2 Å². The molecule has 4 heterocycles. The van der Waals surface area contributed by atoms with Crippen LogP contribution in [0.4, 0.5) is 86.6 Å². The molecule has 0 saturated carbocycles. The van der Waals surface area contributed by atoms with Crippen molar-refractivity contribution in [3.8, 4) is 57.8 Å². The Morgan fingerprint density at radius 2 is 0.575 bits per heavy atom. The number of nitrogens with zero attached hydrogens (tertiary/aromatic N) is 13. The number of aromatic nitrogens is 8. The van der Waals surface area contributed by atoms with Crippen LogP contribution in [0, 0.1) is 40.4 Å². The van der Waals surface area contributed by atoms with Crippen molar-refractivity contribution in [3.05, 3.63) is 330 Å². The van der Waals surface area contributed by atoms with Gasteiger partial charge in [-0.05, 0) is 238 Å². The smallest absolute Gasteiger partial charge is 0.323 e. The maximum absolute atomic E-state index is 14.7. The Bertz CT molecular complexity index is 6770. The number of halogens is 6. The summed E-state index contributed by atoms with van der Waals surface area (Å²) >= 11 is 5.91. The number of hydrogen-bond acceptors (Lipinski definition) is 22. The fourth-order valence-electron chi connectivity index (χ4n) is 12.7. The SMILES string of the molecule is CN(C)Cc1cnc2ccc(Oc3ccc(NC(=O)Nc4ccc(C#N)cc4)cc3F)cc2n1.CN(C)Cc1cnc2ccc(Oc3ccc(NC(=O)Nc4cccc(Cl)c4)cc3F)cc2n1.CN(C)Cc1cnc2ccc(Oc3ccc(NC(=O)Nc4cccc(F)c4)cc3F)cc2n1.COc1ccc(NC(=O)Nc2ccc(Oc3ccc4ncc(CN(C)C)nc4c3)c(F)c2)cc1. The molecule has 134 heavy (non-hydrogen) atoms. The Labute approximate surface area is 770 Å². The lowest BCUT2D eigenvalue weighted by Gasteiger charge is -2.11. The van der Waals surface area contributed by atoms with E-state index in [2.05, 4.69) is 82.4 Å². The largest absolute Gasteiger partial charge is 0.497 e. The molecule has 0 aliphatic heterocycles. The van der Waals surface area contributed by atoms with Crippen LogP contribution in [0.1, 0.15) is 28.3 Å². The normalized spacial score (nSPS) is 10.9. The molecule has 0 aliphatic rings. The first-order valence-corrected chi connectivity index (χ1v) is 41.4. The number of urea groups is 4.